The molecule has 0 fully saturated rings. The second-order valence-electron chi connectivity index (χ2n) is 6.15. The topological polar surface area (TPSA) is 60.5 Å². The number of rotatable bonds is 4. The number of thiazole rings is 1. The lowest BCUT2D eigenvalue weighted by Gasteiger charge is -2.18. The SMILES string of the molecule is Cc1csc(Sc2ccc(NC(=O)c3ccc4c(c3)OCCO4)c(C)c2)n1. The summed E-state index contributed by atoms with van der Waals surface area (Å²) in [5.74, 6) is 1.11. The fourth-order valence-electron chi connectivity index (χ4n) is 2.70. The Morgan fingerprint density at radius 1 is 1.11 bits per heavy atom. The molecule has 1 aliphatic rings. The highest BCUT2D eigenvalue weighted by Gasteiger charge is 2.15. The van der Waals surface area contributed by atoms with Gasteiger partial charge in [0.05, 0.1) is 0 Å². The first-order valence-corrected chi connectivity index (χ1v) is 10.2. The predicted molar refractivity (Wildman–Crippen MR) is 108 cm³/mol. The average molecular weight is 399 g/mol. The van der Waals surface area contributed by atoms with Crippen LogP contribution in [0.3, 0.4) is 0 Å². The molecule has 0 atom stereocenters. The van der Waals surface area contributed by atoms with E-state index in [1.807, 2.05) is 31.4 Å². The number of fused-ring (bicyclic) bond motifs is 1. The summed E-state index contributed by atoms with van der Waals surface area (Å²) in [4.78, 5) is 18.2. The lowest BCUT2D eigenvalue weighted by atomic mass is 10.1. The van der Waals surface area contributed by atoms with Gasteiger partial charge >= 0.3 is 0 Å². The molecule has 3 aromatic rings. The van der Waals surface area contributed by atoms with E-state index in [2.05, 4.69) is 16.4 Å². The maximum Gasteiger partial charge on any atom is 0.255 e. The van der Waals surface area contributed by atoms with Crippen molar-refractivity contribution < 1.29 is 14.3 Å². The monoisotopic (exact) mass is 398 g/mol. The number of nitrogens with zero attached hydrogens (tertiary/aromatic N) is 1. The van der Waals surface area contributed by atoms with Crippen LogP contribution in [0.5, 0.6) is 11.5 Å². The van der Waals surface area contributed by atoms with Gasteiger partial charge in [0.1, 0.15) is 13.2 Å². The molecule has 2 heterocycles. The molecule has 1 aliphatic heterocycles. The van der Waals surface area contributed by atoms with Gasteiger partial charge < -0.3 is 14.8 Å². The first-order valence-electron chi connectivity index (χ1n) is 8.50. The third kappa shape index (κ3) is 4.09. The van der Waals surface area contributed by atoms with Gasteiger partial charge in [-0.15, -0.1) is 11.3 Å². The van der Waals surface area contributed by atoms with Crippen molar-refractivity contribution in [3.05, 3.63) is 58.6 Å². The minimum absolute atomic E-state index is 0.175. The van der Waals surface area contributed by atoms with Crippen molar-refractivity contribution in [2.75, 3.05) is 18.5 Å². The number of benzene rings is 2. The minimum atomic E-state index is -0.175. The molecule has 5 nitrogen and oxygen atoms in total. The molecule has 1 aromatic heterocycles. The van der Waals surface area contributed by atoms with Crippen molar-refractivity contribution in [3.8, 4) is 11.5 Å². The molecule has 4 rings (SSSR count). The van der Waals surface area contributed by atoms with Crippen LogP contribution in [0.15, 0.2) is 51.0 Å². The van der Waals surface area contributed by atoms with Crippen LogP contribution >= 0.6 is 23.1 Å². The van der Waals surface area contributed by atoms with Gasteiger partial charge in [0, 0.05) is 27.2 Å². The molecule has 0 bridgehead atoms. The predicted octanol–water partition coefficient (Wildman–Crippen LogP) is 4.93. The summed E-state index contributed by atoms with van der Waals surface area (Å²) in [5.41, 5.74) is 3.35. The molecular weight excluding hydrogens is 380 g/mol. The molecular formula is C20H18N2O3S2. The Balaban J connectivity index is 1.48. The summed E-state index contributed by atoms with van der Waals surface area (Å²) in [6.07, 6.45) is 0. The average Bonchev–Trinajstić information content (AvgIpc) is 3.08. The second-order valence-corrected chi connectivity index (χ2v) is 8.32. The number of carbonyl (C=O) groups is 1. The number of hydrogen-bond donors (Lipinski definition) is 1. The van der Waals surface area contributed by atoms with Gasteiger partial charge in [-0.2, -0.15) is 0 Å². The fourth-order valence-corrected chi connectivity index (χ4v) is 4.61. The molecule has 2 aromatic carbocycles. The van der Waals surface area contributed by atoms with Crippen molar-refractivity contribution in [2.24, 2.45) is 0 Å². The molecule has 0 spiro atoms. The smallest absolute Gasteiger partial charge is 0.255 e. The molecule has 0 saturated carbocycles. The molecule has 0 radical (unpaired) electrons. The summed E-state index contributed by atoms with van der Waals surface area (Å²) in [5, 5.41) is 5.01. The highest BCUT2D eigenvalue weighted by molar-refractivity contribution is 8.01. The molecule has 0 aliphatic carbocycles. The third-order valence-corrected chi connectivity index (χ3v) is 6.10. The van der Waals surface area contributed by atoms with E-state index < -0.39 is 0 Å². The Hall–Kier alpha value is -2.51. The van der Waals surface area contributed by atoms with Crippen LogP contribution in [-0.2, 0) is 0 Å². The number of amides is 1. The zero-order valence-electron chi connectivity index (χ0n) is 14.9. The molecule has 1 amide bonds. The second kappa shape index (κ2) is 7.62. The zero-order chi connectivity index (χ0) is 18.8. The van der Waals surface area contributed by atoms with E-state index in [0.717, 1.165) is 26.2 Å². The first-order chi connectivity index (χ1) is 13.1. The lowest BCUT2D eigenvalue weighted by Crippen LogP contribution is -2.17. The summed E-state index contributed by atoms with van der Waals surface area (Å²) in [6.45, 7) is 5.00. The van der Waals surface area contributed by atoms with Gasteiger partial charge in [-0.1, -0.05) is 11.8 Å². The van der Waals surface area contributed by atoms with Crippen molar-refractivity contribution in [1.29, 1.82) is 0 Å². The summed E-state index contributed by atoms with van der Waals surface area (Å²) < 4.78 is 12.1. The molecule has 7 heteroatoms. The summed E-state index contributed by atoms with van der Waals surface area (Å²) in [7, 11) is 0. The highest BCUT2D eigenvalue weighted by Crippen LogP contribution is 2.33. The number of ether oxygens (including phenoxy) is 2. The Labute approximate surface area is 165 Å². The van der Waals surface area contributed by atoms with Gasteiger partial charge in [0.15, 0.2) is 15.8 Å². The lowest BCUT2D eigenvalue weighted by molar-refractivity contribution is 0.102. The van der Waals surface area contributed by atoms with Crippen LogP contribution in [0.1, 0.15) is 21.6 Å². The van der Waals surface area contributed by atoms with E-state index in [0.29, 0.717) is 30.3 Å². The molecule has 27 heavy (non-hydrogen) atoms. The third-order valence-electron chi connectivity index (χ3n) is 4.05. The van der Waals surface area contributed by atoms with Gasteiger partial charge in [-0.3, -0.25) is 4.79 Å². The molecule has 0 saturated heterocycles. The standard InChI is InChI=1S/C20H18N2O3S2/c1-12-9-15(27-20-21-13(2)11-26-20)4-5-16(12)22-19(23)14-3-6-17-18(10-14)25-8-7-24-17/h3-6,9-11H,7-8H2,1-2H3,(H,22,23). The Morgan fingerprint density at radius 2 is 1.93 bits per heavy atom. The fraction of sp³-hybridized carbons (Fsp3) is 0.200. The van der Waals surface area contributed by atoms with E-state index in [1.54, 1.807) is 41.3 Å². The quantitative estimate of drug-likeness (QED) is 0.675. The van der Waals surface area contributed by atoms with Crippen molar-refractivity contribution in [2.45, 2.75) is 23.1 Å². The van der Waals surface area contributed by atoms with Crippen molar-refractivity contribution in [3.63, 3.8) is 0 Å². The zero-order valence-corrected chi connectivity index (χ0v) is 16.6. The number of aryl methyl sites for hydroxylation is 2. The number of anilines is 1. The van der Waals surface area contributed by atoms with Gasteiger partial charge in [-0.25, -0.2) is 4.98 Å². The van der Waals surface area contributed by atoms with Crippen LogP contribution in [-0.4, -0.2) is 24.1 Å². The Morgan fingerprint density at radius 3 is 2.67 bits per heavy atom. The van der Waals surface area contributed by atoms with E-state index in [9.17, 15) is 4.79 Å². The van der Waals surface area contributed by atoms with Crippen molar-refractivity contribution >= 4 is 34.7 Å². The van der Waals surface area contributed by atoms with Gasteiger partial charge in [-0.05, 0) is 55.8 Å². The summed E-state index contributed by atoms with van der Waals surface area (Å²) >= 11 is 3.26. The van der Waals surface area contributed by atoms with E-state index >= 15 is 0 Å². The number of aromatic nitrogens is 1. The van der Waals surface area contributed by atoms with Crippen LogP contribution in [0, 0.1) is 13.8 Å². The van der Waals surface area contributed by atoms with E-state index in [4.69, 9.17) is 9.47 Å². The normalized spacial score (nSPS) is 12.7. The van der Waals surface area contributed by atoms with Gasteiger partial charge in [0.2, 0.25) is 0 Å². The molecule has 1 N–H and O–H groups in total. The molecule has 0 unspecified atom stereocenters. The van der Waals surface area contributed by atoms with Crippen molar-refractivity contribution in [1.82, 2.24) is 4.98 Å². The Bertz CT molecular complexity index is 1000. The van der Waals surface area contributed by atoms with E-state index in [1.165, 1.54) is 0 Å². The maximum absolute atomic E-state index is 12.6. The van der Waals surface area contributed by atoms with Crippen LogP contribution in [0.25, 0.3) is 0 Å². The van der Waals surface area contributed by atoms with E-state index in [-0.39, 0.29) is 5.91 Å². The van der Waals surface area contributed by atoms with Crippen LogP contribution in [0.4, 0.5) is 5.69 Å². The number of carbonyl (C=O) groups excluding carboxylic acids is 1. The first kappa shape index (κ1) is 17.9. The largest absolute Gasteiger partial charge is 0.486 e. The van der Waals surface area contributed by atoms with Gasteiger partial charge in [0.25, 0.3) is 5.91 Å². The molecule has 138 valence electrons. The summed E-state index contributed by atoms with van der Waals surface area (Å²) in [6, 6.07) is 11.2. The minimum Gasteiger partial charge on any atom is -0.486 e. The number of hydrogen-bond acceptors (Lipinski definition) is 6. The maximum atomic E-state index is 12.6. The highest BCUT2D eigenvalue weighted by atomic mass is 32.2. The van der Waals surface area contributed by atoms with Crippen LogP contribution in [0.2, 0.25) is 0 Å². The van der Waals surface area contributed by atoms with Crippen LogP contribution < -0.4 is 14.8 Å². The Kier molecular flexibility index (Phi) is 5.05. The number of nitrogens with one attached hydrogen (secondary N) is 1.